The average molecular weight is 582 g/mol. The van der Waals surface area contributed by atoms with Gasteiger partial charge in [0, 0.05) is 12.1 Å². The van der Waals surface area contributed by atoms with Gasteiger partial charge in [-0.15, -0.1) is 0 Å². The monoisotopic (exact) mass is 581 g/mol. The SMILES string of the molecule is CCOC(=O)CCNC(=O)C(c1ccc(O)c(C)c1)N(C(=O)C(CCSC)NC(=O)OC(C)(C)C)C(C)(C)CC. The number of aromatic hydroxyl groups is 1. The maximum Gasteiger partial charge on any atom is 0.408 e. The van der Waals surface area contributed by atoms with Crippen molar-refractivity contribution in [3.63, 3.8) is 0 Å². The van der Waals surface area contributed by atoms with Crippen LogP contribution in [-0.2, 0) is 23.9 Å². The summed E-state index contributed by atoms with van der Waals surface area (Å²) in [7, 11) is 0. The number of carbonyl (C=O) groups is 4. The highest BCUT2D eigenvalue weighted by molar-refractivity contribution is 7.98. The van der Waals surface area contributed by atoms with Crippen molar-refractivity contribution in [2.75, 3.05) is 25.2 Å². The fourth-order valence-electron chi connectivity index (χ4n) is 3.94. The number of esters is 1. The van der Waals surface area contributed by atoms with Gasteiger partial charge in [-0.2, -0.15) is 11.8 Å². The van der Waals surface area contributed by atoms with Gasteiger partial charge in [-0.1, -0.05) is 13.0 Å². The van der Waals surface area contributed by atoms with Gasteiger partial charge in [0.15, 0.2) is 0 Å². The number of nitrogens with one attached hydrogen (secondary N) is 2. The van der Waals surface area contributed by atoms with E-state index in [1.165, 1.54) is 22.7 Å². The number of hydrogen-bond acceptors (Lipinski definition) is 8. The molecule has 0 bridgehead atoms. The molecule has 0 saturated carbocycles. The zero-order valence-electron chi connectivity index (χ0n) is 25.4. The fourth-order valence-corrected chi connectivity index (χ4v) is 4.41. The van der Waals surface area contributed by atoms with Gasteiger partial charge in [-0.25, -0.2) is 4.79 Å². The first-order valence-corrected chi connectivity index (χ1v) is 15.0. The van der Waals surface area contributed by atoms with Crippen LogP contribution < -0.4 is 10.6 Å². The molecule has 0 aliphatic carbocycles. The third-order valence-corrected chi connectivity index (χ3v) is 6.98. The molecule has 3 amide bonds. The molecule has 0 aromatic heterocycles. The number of phenols is 1. The number of rotatable bonds is 14. The van der Waals surface area contributed by atoms with Crippen molar-refractivity contribution in [3.05, 3.63) is 29.3 Å². The molecule has 11 heteroatoms. The second-order valence-corrected chi connectivity index (χ2v) is 12.1. The number of thioether (sulfide) groups is 1. The molecule has 2 atom stereocenters. The van der Waals surface area contributed by atoms with E-state index in [1.54, 1.807) is 46.8 Å². The Morgan fingerprint density at radius 3 is 2.27 bits per heavy atom. The summed E-state index contributed by atoms with van der Waals surface area (Å²) in [6, 6.07) is 2.68. The number of alkyl carbamates (subject to hydrolysis) is 1. The zero-order chi connectivity index (χ0) is 30.7. The van der Waals surface area contributed by atoms with Gasteiger partial charge in [-0.3, -0.25) is 14.4 Å². The Balaban J connectivity index is 3.59. The predicted octanol–water partition coefficient (Wildman–Crippen LogP) is 4.47. The second kappa shape index (κ2) is 15.7. The van der Waals surface area contributed by atoms with Crippen LogP contribution in [-0.4, -0.2) is 76.2 Å². The topological polar surface area (TPSA) is 134 Å². The summed E-state index contributed by atoms with van der Waals surface area (Å²) in [5.41, 5.74) is -0.557. The van der Waals surface area contributed by atoms with E-state index in [2.05, 4.69) is 10.6 Å². The molecular weight excluding hydrogens is 534 g/mol. The molecule has 10 nitrogen and oxygen atoms in total. The van der Waals surface area contributed by atoms with E-state index >= 15 is 0 Å². The van der Waals surface area contributed by atoms with Crippen LogP contribution in [0.2, 0.25) is 0 Å². The molecule has 226 valence electrons. The van der Waals surface area contributed by atoms with E-state index in [1.807, 2.05) is 27.0 Å². The number of nitrogens with zero attached hydrogens (tertiary/aromatic N) is 1. The molecule has 0 aliphatic heterocycles. The summed E-state index contributed by atoms with van der Waals surface area (Å²) in [5.74, 6) is -0.739. The van der Waals surface area contributed by atoms with Crippen molar-refractivity contribution in [2.45, 2.75) is 97.9 Å². The van der Waals surface area contributed by atoms with E-state index in [4.69, 9.17) is 9.47 Å². The van der Waals surface area contributed by atoms with Crippen LogP contribution in [0.5, 0.6) is 5.75 Å². The second-order valence-electron chi connectivity index (χ2n) is 11.1. The molecule has 2 unspecified atom stereocenters. The maximum atomic E-state index is 14.3. The van der Waals surface area contributed by atoms with Crippen molar-refractivity contribution in [2.24, 2.45) is 0 Å². The standard InChI is InChI=1S/C29H47N3O7S/c1-10-29(7,8)32(26(36)21(15-17-40-9)31-27(37)39-28(4,5)6)24(20-12-13-22(33)19(3)18-20)25(35)30-16-14-23(34)38-11-2/h12-13,18,21,24,33H,10-11,14-17H2,1-9H3,(H,30,35)(H,31,37). The number of ether oxygens (including phenoxy) is 2. The average Bonchev–Trinajstić information content (AvgIpc) is 2.85. The number of hydrogen-bond donors (Lipinski definition) is 3. The Bertz CT molecular complexity index is 1020. The Kier molecular flexibility index (Phi) is 13.8. The van der Waals surface area contributed by atoms with Crippen LogP contribution in [0.4, 0.5) is 4.79 Å². The minimum Gasteiger partial charge on any atom is -0.508 e. The molecule has 0 heterocycles. The first-order chi connectivity index (χ1) is 18.6. The Morgan fingerprint density at radius 2 is 1.75 bits per heavy atom. The third-order valence-electron chi connectivity index (χ3n) is 6.33. The molecule has 0 radical (unpaired) electrons. The maximum absolute atomic E-state index is 14.3. The number of aryl methyl sites for hydroxylation is 1. The minimum atomic E-state index is -1.11. The highest BCUT2D eigenvalue weighted by Crippen LogP contribution is 2.34. The summed E-state index contributed by atoms with van der Waals surface area (Å²) in [6.07, 6.45) is 1.98. The normalized spacial score (nSPS) is 13.1. The van der Waals surface area contributed by atoms with Crippen LogP contribution in [0.1, 0.15) is 84.9 Å². The molecule has 1 aromatic rings. The number of amides is 3. The fraction of sp³-hybridized carbons (Fsp3) is 0.655. The highest BCUT2D eigenvalue weighted by Gasteiger charge is 2.43. The van der Waals surface area contributed by atoms with Gasteiger partial charge < -0.3 is 30.1 Å². The van der Waals surface area contributed by atoms with E-state index in [9.17, 15) is 24.3 Å². The van der Waals surface area contributed by atoms with E-state index in [0.29, 0.717) is 29.7 Å². The van der Waals surface area contributed by atoms with Crippen LogP contribution >= 0.6 is 11.8 Å². The molecular formula is C29H47N3O7S. The summed E-state index contributed by atoms with van der Waals surface area (Å²) in [4.78, 5) is 54.2. The van der Waals surface area contributed by atoms with E-state index < -0.39 is 47.1 Å². The van der Waals surface area contributed by atoms with Gasteiger partial charge in [0.2, 0.25) is 11.8 Å². The lowest BCUT2D eigenvalue weighted by Gasteiger charge is -2.44. The van der Waals surface area contributed by atoms with Crippen LogP contribution in [0.15, 0.2) is 18.2 Å². The molecule has 3 N–H and O–H groups in total. The summed E-state index contributed by atoms with van der Waals surface area (Å²) < 4.78 is 10.4. The predicted molar refractivity (Wildman–Crippen MR) is 157 cm³/mol. The summed E-state index contributed by atoms with van der Waals surface area (Å²) in [6.45, 7) is 14.5. The Morgan fingerprint density at radius 1 is 1.10 bits per heavy atom. The molecule has 0 saturated heterocycles. The lowest BCUT2D eigenvalue weighted by atomic mass is 9.91. The third kappa shape index (κ3) is 10.9. The molecule has 0 fully saturated rings. The van der Waals surface area contributed by atoms with Gasteiger partial charge in [0.25, 0.3) is 0 Å². The van der Waals surface area contributed by atoms with Crippen molar-refractivity contribution < 1.29 is 33.8 Å². The van der Waals surface area contributed by atoms with Crippen LogP contribution in [0, 0.1) is 6.92 Å². The highest BCUT2D eigenvalue weighted by atomic mass is 32.2. The largest absolute Gasteiger partial charge is 0.508 e. The molecule has 1 aromatic carbocycles. The lowest BCUT2D eigenvalue weighted by molar-refractivity contribution is -0.149. The van der Waals surface area contributed by atoms with Gasteiger partial charge in [-0.05, 0) is 96.6 Å². The van der Waals surface area contributed by atoms with E-state index in [0.717, 1.165) is 0 Å². The van der Waals surface area contributed by atoms with Crippen LogP contribution in [0.25, 0.3) is 0 Å². The van der Waals surface area contributed by atoms with Gasteiger partial charge in [0.05, 0.1) is 13.0 Å². The molecule has 40 heavy (non-hydrogen) atoms. The van der Waals surface area contributed by atoms with Gasteiger partial charge in [0.1, 0.15) is 23.4 Å². The number of carbonyl (C=O) groups excluding carboxylic acids is 4. The first-order valence-electron chi connectivity index (χ1n) is 13.6. The first kappa shape index (κ1) is 35.1. The summed E-state index contributed by atoms with van der Waals surface area (Å²) >= 11 is 1.53. The Hall–Kier alpha value is -2.95. The Labute approximate surface area is 242 Å². The minimum absolute atomic E-state index is 0.0197. The number of phenolic OH excluding ortho intramolecular Hbond substituents is 1. The molecule has 0 aliphatic rings. The van der Waals surface area contributed by atoms with Crippen molar-refractivity contribution >= 4 is 35.6 Å². The van der Waals surface area contributed by atoms with Gasteiger partial charge >= 0.3 is 12.1 Å². The lowest BCUT2D eigenvalue weighted by Crippen LogP contribution is -2.59. The molecule has 1 rings (SSSR count). The quantitative estimate of drug-likeness (QED) is 0.274. The zero-order valence-corrected chi connectivity index (χ0v) is 26.2. The van der Waals surface area contributed by atoms with E-state index in [-0.39, 0.29) is 25.3 Å². The van der Waals surface area contributed by atoms with Crippen molar-refractivity contribution in [1.82, 2.24) is 15.5 Å². The van der Waals surface area contributed by atoms with Crippen molar-refractivity contribution in [1.29, 1.82) is 0 Å². The van der Waals surface area contributed by atoms with Crippen molar-refractivity contribution in [3.8, 4) is 5.75 Å². The number of benzene rings is 1. The van der Waals surface area contributed by atoms with Crippen LogP contribution in [0.3, 0.4) is 0 Å². The summed E-state index contributed by atoms with van der Waals surface area (Å²) in [5, 5.41) is 15.7. The smallest absolute Gasteiger partial charge is 0.408 e. The molecule has 0 spiro atoms.